The highest BCUT2D eigenvalue weighted by Crippen LogP contribution is 2.39. The van der Waals surface area contributed by atoms with Crippen LogP contribution in [0.25, 0.3) is 0 Å². The van der Waals surface area contributed by atoms with Crippen molar-refractivity contribution < 1.29 is 23.5 Å². The second-order valence-electron chi connectivity index (χ2n) is 8.61. The standard InChI is InChI=1S/C23H25F2N3O4/c1-12-6-15(9-26-8-13-2-3-13)20-19(22(31)21(30)18(11-29)28(12)20)23(32)27-10-14-4-5-16(24)7-17(14)25/h4-5,7,11-13,15,26,30H,2-3,6,8-10H2,1H3,(H,27,32)/t12-,15+/m0/s1. The summed E-state index contributed by atoms with van der Waals surface area (Å²) < 4.78 is 28.6. The van der Waals surface area contributed by atoms with Crippen LogP contribution in [0.2, 0.25) is 0 Å². The Kier molecular flexibility index (Phi) is 6.10. The van der Waals surface area contributed by atoms with E-state index in [1.54, 1.807) is 4.57 Å². The van der Waals surface area contributed by atoms with Crippen LogP contribution in [0.4, 0.5) is 8.78 Å². The summed E-state index contributed by atoms with van der Waals surface area (Å²) in [5, 5.41) is 16.2. The van der Waals surface area contributed by atoms with Crippen LogP contribution in [0.5, 0.6) is 5.75 Å². The van der Waals surface area contributed by atoms with Crippen LogP contribution in [0.1, 0.15) is 70.2 Å². The molecule has 2 aromatic rings. The van der Waals surface area contributed by atoms with E-state index in [-0.39, 0.29) is 35.3 Å². The first kappa shape index (κ1) is 22.1. The van der Waals surface area contributed by atoms with Gasteiger partial charge in [-0.1, -0.05) is 6.07 Å². The predicted molar refractivity (Wildman–Crippen MR) is 113 cm³/mol. The van der Waals surface area contributed by atoms with Gasteiger partial charge < -0.3 is 20.3 Å². The van der Waals surface area contributed by atoms with Crippen molar-refractivity contribution in [3.63, 3.8) is 0 Å². The molecule has 7 nitrogen and oxygen atoms in total. The normalized spacial score (nSPS) is 19.6. The van der Waals surface area contributed by atoms with Gasteiger partial charge in [-0.3, -0.25) is 14.4 Å². The monoisotopic (exact) mass is 445 g/mol. The Morgan fingerprint density at radius 3 is 2.69 bits per heavy atom. The first-order valence-electron chi connectivity index (χ1n) is 10.7. The van der Waals surface area contributed by atoms with E-state index in [0.29, 0.717) is 36.9 Å². The molecule has 9 heteroatoms. The fourth-order valence-electron chi connectivity index (χ4n) is 4.44. The molecular weight excluding hydrogens is 420 g/mol. The summed E-state index contributed by atoms with van der Waals surface area (Å²) in [6.45, 7) is 2.96. The van der Waals surface area contributed by atoms with E-state index >= 15 is 0 Å². The topological polar surface area (TPSA) is 100 Å². The Morgan fingerprint density at radius 1 is 1.28 bits per heavy atom. The molecule has 1 saturated carbocycles. The molecular formula is C23H25F2N3O4. The van der Waals surface area contributed by atoms with Gasteiger partial charge in [-0.2, -0.15) is 0 Å². The SMILES string of the molecule is C[C@H]1C[C@H](CNCC2CC2)c2c(C(=O)NCc3ccc(F)cc3F)c(=O)c(O)c(C=O)n21. The number of pyridine rings is 1. The Morgan fingerprint density at radius 2 is 2.03 bits per heavy atom. The number of aromatic nitrogens is 1. The summed E-state index contributed by atoms with van der Waals surface area (Å²) in [7, 11) is 0. The number of hydrogen-bond acceptors (Lipinski definition) is 5. The van der Waals surface area contributed by atoms with E-state index in [4.69, 9.17) is 0 Å². The van der Waals surface area contributed by atoms with E-state index in [2.05, 4.69) is 10.6 Å². The maximum atomic E-state index is 13.9. The number of amides is 1. The van der Waals surface area contributed by atoms with E-state index in [1.807, 2.05) is 6.92 Å². The lowest BCUT2D eigenvalue weighted by atomic mass is 9.97. The van der Waals surface area contributed by atoms with Gasteiger partial charge in [-0.15, -0.1) is 0 Å². The third kappa shape index (κ3) is 4.17. The lowest BCUT2D eigenvalue weighted by Crippen LogP contribution is -2.34. The Bertz CT molecular complexity index is 1130. The Balaban J connectivity index is 1.67. The van der Waals surface area contributed by atoms with E-state index in [9.17, 15) is 28.3 Å². The van der Waals surface area contributed by atoms with Gasteiger partial charge in [-0.25, -0.2) is 8.78 Å². The van der Waals surface area contributed by atoms with E-state index in [0.717, 1.165) is 12.6 Å². The molecule has 32 heavy (non-hydrogen) atoms. The molecule has 0 bridgehead atoms. The average Bonchev–Trinajstić information content (AvgIpc) is 3.52. The van der Waals surface area contributed by atoms with Gasteiger partial charge in [0, 0.05) is 42.4 Å². The molecule has 1 aromatic carbocycles. The van der Waals surface area contributed by atoms with Crippen molar-refractivity contribution in [2.24, 2.45) is 5.92 Å². The number of fused-ring (bicyclic) bond motifs is 1. The van der Waals surface area contributed by atoms with Crippen LogP contribution in [0.3, 0.4) is 0 Å². The van der Waals surface area contributed by atoms with Crippen molar-refractivity contribution >= 4 is 12.2 Å². The molecule has 2 heterocycles. The molecule has 170 valence electrons. The number of aldehydes is 1. The number of rotatable bonds is 8. The molecule has 2 atom stereocenters. The zero-order valence-corrected chi connectivity index (χ0v) is 17.7. The lowest BCUT2D eigenvalue weighted by molar-refractivity contribution is 0.0945. The smallest absolute Gasteiger partial charge is 0.257 e. The van der Waals surface area contributed by atoms with Gasteiger partial charge in [0.2, 0.25) is 5.43 Å². The fraction of sp³-hybridized carbons (Fsp3) is 0.435. The number of halogens is 2. The van der Waals surface area contributed by atoms with Crippen molar-refractivity contribution in [3.8, 4) is 5.75 Å². The predicted octanol–water partition coefficient (Wildman–Crippen LogP) is 2.62. The highest BCUT2D eigenvalue weighted by molar-refractivity contribution is 5.97. The highest BCUT2D eigenvalue weighted by Gasteiger charge is 2.37. The van der Waals surface area contributed by atoms with Crippen molar-refractivity contribution in [3.05, 3.63) is 62.6 Å². The third-order valence-corrected chi connectivity index (χ3v) is 6.23. The van der Waals surface area contributed by atoms with Crippen LogP contribution < -0.4 is 16.1 Å². The lowest BCUT2D eigenvalue weighted by Gasteiger charge is -2.19. The minimum absolute atomic E-state index is 0.0567. The average molecular weight is 445 g/mol. The zero-order chi connectivity index (χ0) is 23.0. The van der Waals surface area contributed by atoms with Crippen molar-refractivity contribution in [1.29, 1.82) is 0 Å². The number of carbonyl (C=O) groups excluding carboxylic acids is 2. The second kappa shape index (κ2) is 8.82. The van der Waals surface area contributed by atoms with Gasteiger partial charge in [0.25, 0.3) is 5.91 Å². The van der Waals surface area contributed by atoms with Crippen molar-refractivity contribution in [2.45, 2.75) is 44.7 Å². The van der Waals surface area contributed by atoms with Crippen LogP contribution >= 0.6 is 0 Å². The molecule has 1 aliphatic carbocycles. The minimum Gasteiger partial charge on any atom is -0.503 e. The number of nitrogens with one attached hydrogen (secondary N) is 2. The number of benzene rings is 1. The van der Waals surface area contributed by atoms with Crippen LogP contribution in [0, 0.1) is 17.6 Å². The third-order valence-electron chi connectivity index (χ3n) is 6.23. The summed E-state index contributed by atoms with van der Waals surface area (Å²) in [6.07, 6.45) is 3.38. The van der Waals surface area contributed by atoms with Gasteiger partial charge in [-0.05, 0) is 44.7 Å². The molecule has 0 spiro atoms. The molecule has 0 saturated heterocycles. The molecule has 0 radical (unpaired) electrons. The first-order chi connectivity index (χ1) is 15.3. The molecule has 2 aliphatic rings. The first-order valence-corrected chi connectivity index (χ1v) is 10.7. The summed E-state index contributed by atoms with van der Waals surface area (Å²) in [5.74, 6) is -2.67. The Labute approximate surface area is 183 Å². The molecule has 1 aliphatic heterocycles. The van der Waals surface area contributed by atoms with Crippen molar-refractivity contribution in [2.75, 3.05) is 13.1 Å². The summed E-state index contributed by atoms with van der Waals surface area (Å²) in [6, 6.07) is 2.79. The quantitative estimate of drug-likeness (QED) is 0.543. The largest absolute Gasteiger partial charge is 0.503 e. The van der Waals surface area contributed by atoms with Gasteiger partial charge in [0.1, 0.15) is 22.9 Å². The number of aromatic hydroxyl groups is 1. The van der Waals surface area contributed by atoms with Crippen molar-refractivity contribution in [1.82, 2.24) is 15.2 Å². The van der Waals surface area contributed by atoms with Crippen LogP contribution in [0.15, 0.2) is 23.0 Å². The fourth-order valence-corrected chi connectivity index (χ4v) is 4.44. The van der Waals surface area contributed by atoms with E-state index < -0.39 is 28.7 Å². The molecule has 1 fully saturated rings. The second-order valence-corrected chi connectivity index (χ2v) is 8.61. The Hall–Kier alpha value is -3.07. The zero-order valence-electron chi connectivity index (χ0n) is 17.7. The highest BCUT2D eigenvalue weighted by atomic mass is 19.1. The van der Waals surface area contributed by atoms with Crippen LogP contribution in [-0.2, 0) is 6.54 Å². The number of nitrogens with zero attached hydrogens (tertiary/aromatic N) is 1. The number of hydrogen-bond donors (Lipinski definition) is 3. The summed E-state index contributed by atoms with van der Waals surface area (Å²) in [4.78, 5) is 37.6. The number of carbonyl (C=O) groups is 2. The summed E-state index contributed by atoms with van der Waals surface area (Å²) >= 11 is 0. The molecule has 0 unspecified atom stereocenters. The van der Waals surface area contributed by atoms with E-state index in [1.165, 1.54) is 18.9 Å². The van der Waals surface area contributed by atoms with Gasteiger partial charge in [0.15, 0.2) is 12.0 Å². The maximum Gasteiger partial charge on any atom is 0.257 e. The van der Waals surface area contributed by atoms with Gasteiger partial charge >= 0.3 is 0 Å². The molecule has 4 rings (SSSR count). The molecule has 3 N–H and O–H groups in total. The van der Waals surface area contributed by atoms with Gasteiger partial charge in [0.05, 0.1) is 0 Å². The molecule has 1 amide bonds. The van der Waals surface area contributed by atoms with Crippen LogP contribution in [-0.4, -0.2) is 35.0 Å². The summed E-state index contributed by atoms with van der Waals surface area (Å²) in [5.41, 5.74) is -0.887. The molecule has 1 aromatic heterocycles. The maximum absolute atomic E-state index is 13.9. The minimum atomic E-state index is -0.934.